The highest BCUT2D eigenvalue weighted by Crippen LogP contribution is 2.35. The molecule has 0 N–H and O–H groups in total. The molecule has 0 saturated carbocycles. The van der Waals surface area contributed by atoms with E-state index in [1.54, 1.807) is 11.8 Å². The van der Waals surface area contributed by atoms with Crippen LogP contribution in [0, 0.1) is 5.92 Å². The van der Waals surface area contributed by atoms with E-state index in [2.05, 4.69) is 27.4 Å². The summed E-state index contributed by atoms with van der Waals surface area (Å²) in [5.74, 6) is 0.296. The molecule has 0 aromatic rings. The van der Waals surface area contributed by atoms with Gasteiger partial charge in [-0.3, -0.25) is 4.79 Å². The van der Waals surface area contributed by atoms with Gasteiger partial charge in [0.2, 0.25) is 0 Å². The first-order valence-electron chi connectivity index (χ1n) is 3.79. The minimum atomic E-state index is -0.198. The molecule has 0 aliphatic carbocycles. The molecule has 2 atom stereocenters. The fourth-order valence-corrected chi connectivity index (χ4v) is 2.66. The zero-order valence-electron chi connectivity index (χ0n) is 6.83. The number of allylic oxidation sites excluding steroid dienone is 1. The summed E-state index contributed by atoms with van der Waals surface area (Å²) in [7, 11) is 0. The Kier molecular flexibility index (Phi) is 4.15. The van der Waals surface area contributed by atoms with Gasteiger partial charge in [0.05, 0.1) is 10.8 Å². The van der Waals surface area contributed by atoms with E-state index >= 15 is 0 Å². The SMILES string of the molecule is CC(=O)OCCC1C=CSC1Br. The maximum absolute atomic E-state index is 10.4. The van der Waals surface area contributed by atoms with Gasteiger partial charge in [0, 0.05) is 12.8 Å². The molecule has 4 heteroatoms. The summed E-state index contributed by atoms with van der Waals surface area (Å²) in [6, 6.07) is 0. The Bertz CT molecular complexity index is 193. The standard InChI is InChI=1S/C8H11BrO2S/c1-6(10)11-4-2-7-3-5-12-8(7)9/h3,5,7-8H,2,4H2,1H3. The van der Waals surface area contributed by atoms with Gasteiger partial charge < -0.3 is 4.74 Å². The van der Waals surface area contributed by atoms with Crippen molar-refractivity contribution >= 4 is 33.7 Å². The van der Waals surface area contributed by atoms with Gasteiger partial charge in [-0.2, -0.15) is 0 Å². The average molecular weight is 251 g/mol. The molecular weight excluding hydrogens is 240 g/mol. The summed E-state index contributed by atoms with van der Waals surface area (Å²) in [6.45, 7) is 1.96. The lowest BCUT2D eigenvalue weighted by atomic mass is 10.1. The molecule has 0 fully saturated rings. The smallest absolute Gasteiger partial charge is 0.302 e. The molecule has 1 heterocycles. The van der Waals surface area contributed by atoms with Gasteiger partial charge in [-0.25, -0.2) is 0 Å². The summed E-state index contributed by atoms with van der Waals surface area (Å²) >= 11 is 5.29. The van der Waals surface area contributed by atoms with Crippen molar-refractivity contribution in [2.75, 3.05) is 6.61 Å². The molecule has 1 aliphatic rings. The second kappa shape index (κ2) is 4.92. The largest absolute Gasteiger partial charge is 0.466 e. The zero-order valence-corrected chi connectivity index (χ0v) is 9.23. The van der Waals surface area contributed by atoms with Crippen molar-refractivity contribution in [2.45, 2.75) is 17.5 Å². The van der Waals surface area contributed by atoms with Crippen LogP contribution in [-0.4, -0.2) is 16.7 Å². The van der Waals surface area contributed by atoms with E-state index in [9.17, 15) is 4.79 Å². The number of halogens is 1. The van der Waals surface area contributed by atoms with Crippen LogP contribution in [0.5, 0.6) is 0 Å². The highest BCUT2D eigenvalue weighted by molar-refractivity contribution is 9.11. The number of rotatable bonds is 3. The Morgan fingerprint density at radius 2 is 2.50 bits per heavy atom. The monoisotopic (exact) mass is 250 g/mol. The van der Waals surface area contributed by atoms with Gasteiger partial charge >= 0.3 is 5.97 Å². The lowest BCUT2D eigenvalue weighted by Crippen LogP contribution is -2.09. The predicted molar refractivity (Wildman–Crippen MR) is 54.2 cm³/mol. The second-order valence-corrected chi connectivity index (χ2v) is 5.25. The second-order valence-electron chi connectivity index (χ2n) is 2.61. The van der Waals surface area contributed by atoms with E-state index in [4.69, 9.17) is 4.74 Å². The molecule has 0 bridgehead atoms. The number of thioether (sulfide) groups is 1. The van der Waals surface area contributed by atoms with E-state index in [0.717, 1.165) is 6.42 Å². The molecule has 0 spiro atoms. The summed E-state index contributed by atoms with van der Waals surface area (Å²) in [6.07, 6.45) is 3.05. The number of hydrogen-bond donors (Lipinski definition) is 0. The van der Waals surface area contributed by atoms with E-state index in [1.807, 2.05) is 0 Å². The quantitative estimate of drug-likeness (QED) is 0.569. The molecule has 0 saturated heterocycles. The van der Waals surface area contributed by atoms with Crippen LogP contribution in [0.25, 0.3) is 0 Å². The number of carbonyl (C=O) groups excluding carboxylic acids is 1. The molecule has 0 radical (unpaired) electrons. The summed E-state index contributed by atoms with van der Waals surface area (Å²) in [5.41, 5.74) is 0. The molecule has 2 unspecified atom stereocenters. The molecule has 1 rings (SSSR count). The summed E-state index contributed by atoms with van der Waals surface area (Å²) in [4.78, 5) is 10.4. The first kappa shape index (κ1) is 10.1. The Labute approximate surface area is 84.9 Å². The third-order valence-electron chi connectivity index (χ3n) is 1.63. The highest BCUT2D eigenvalue weighted by Gasteiger charge is 2.20. The highest BCUT2D eigenvalue weighted by atomic mass is 79.9. The van der Waals surface area contributed by atoms with Gasteiger partial charge in [-0.1, -0.05) is 22.0 Å². The fourth-order valence-electron chi connectivity index (χ4n) is 0.976. The third kappa shape index (κ3) is 3.19. The van der Waals surface area contributed by atoms with Crippen molar-refractivity contribution < 1.29 is 9.53 Å². The number of alkyl halides is 1. The van der Waals surface area contributed by atoms with Crippen LogP contribution < -0.4 is 0 Å². The van der Waals surface area contributed by atoms with Crippen LogP contribution in [0.15, 0.2) is 11.5 Å². The van der Waals surface area contributed by atoms with Crippen LogP contribution in [-0.2, 0) is 9.53 Å². The van der Waals surface area contributed by atoms with E-state index in [-0.39, 0.29) is 5.97 Å². The topological polar surface area (TPSA) is 26.3 Å². The Morgan fingerprint density at radius 3 is 3.00 bits per heavy atom. The number of esters is 1. The fraction of sp³-hybridized carbons (Fsp3) is 0.625. The maximum Gasteiger partial charge on any atom is 0.302 e. The third-order valence-corrected chi connectivity index (χ3v) is 3.88. The predicted octanol–water partition coefficient (Wildman–Crippen LogP) is 2.54. The Morgan fingerprint density at radius 1 is 1.75 bits per heavy atom. The lowest BCUT2D eigenvalue weighted by Gasteiger charge is -2.11. The molecule has 0 aromatic heterocycles. The normalized spacial score (nSPS) is 27.5. The van der Waals surface area contributed by atoms with Crippen LogP contribution >= 0.6 is 27.7 Å². The number of carbonyl (C=O) groups is 1. The van der Waals surface area contributed by atoms with Gasteiger partial charge in [-0.15, -0.1) is 11.8 Å². The molecule has 0 amide bonds. The zero-order chi connectivity index (χ0) is 8.97. The maximum atomic E-state index is 10.4. The van der Waals surface area contributed by atoms with Crippen molar-refractivity contribution in [3.8, 4) is 0 Å². The van der Waals surface area contributed by atoms with E-state index < -0.39 is 0 Å². The van der Waals surface area contributed by atoms with Crippen molar-refractivity contribution in [2.24, 2.45) is 5.92 Å². The van der Waals surface area contributed by atoms with Gasteiger partial charge in [-0.05, 0) is 11.8 Å². The number of ether oxygens (including phenoxy) is 1. The summed E-state index contributed by atoms with van der Waals surface area (Å²) < 4.78 is 5.30. The van der Waals surface area contributed by atoms with Gasteiger partial charge in [0.15, 0.2) is 0 Å². The molecule has 68 valence electrons. The Hall–Kier alpha value is 0.0400. The minimum Gasteiger partial charge on any atom is -0.466 e. The van der Waals surface area contributed by atoms with Crippen molar-refractivity contribution in [3.63, 3.8) is 0 Å². The van der Waals surface area contributed by atoms with Crippen LogP contribution in [0.3, 0.4) is 0 Å². The van der Waals surface area contributed by atoms with Crippen molar-refractivity contribution in [3.05, 3.63) is 11.5 Å². The average Bonchev–Trinajstić information content (AvgIpc) is 2.36. The molecular formula is C8H11BrO2S. The van der Waals surface area contributed by atoms with E-state index in [1.165, 1.54) is 6.92 Å². The molecule has 0 aromatic carbocycles. The summed E-state index contributed by atoms with van der Waals surface area (Å²) in [5, 5.41) is 2.08. The van der Waals surface area contributed by atoms with Gasteiger partial charge in [0.1, 0.15) is 0 Å². The van der Waals surface area contributed by atoms with Crippen LogP contribution in [0.4, 0.5) is 0 Å². The first-order chi connectivity index (χ1) is 5.70. The minimum absolute atomic E-state index is 0.198. The number of hydrogen-bond acceptors (Lipinski definition) is 3. The lowest BCUT2D eigenvalue weighted by molar-refractivity contribution is -0.141. The van der Waals surface area contributed by atoms with Crippen LogP contribution in [0.2, 0.25) is 0 Å². The van der Waals surface area contributed by atoms with Gasteiger partial charge in [0.25, 0.3) is 0 Å². The van der Waals surface area contributed by atoms with Crippen molar-refractivity contribution in [1.82, 2.24) is 0 Å². The van der Waals surface area contributed by atoms with Crippen molar-refractivity contribution in [1.29, 1.82) is 0 Å². The van der Waals surface area contributed by atoms with Crippen LogP contribution in [0.1, 0.15) is 13.3 Å². The van der Waals surface area contributed by atoms with E-state index in [0.29, 0.717) is 16.7 Å². The molecule has 12 heavy (non-hydrogen) atoms. The first-order valence-corrected chi connectivity index (χ1v) is 5.65. The molecule has 1 aliphatic heterocycles. The molecule has 2 nitrogen and oxygen atoms in total. The Balaban J connectivity index is 2.14.